The Morgan fingerprint density at radius 2 is 1.50 bits per heavy atom. The molecule has 2 rings (SSSR count). The quantitative estimate of drug-likeness (QED) is 0.767. The van der Waals surface area contributed by atoms with Gasteiger partial charge in [-0.3, -0.25) is 4.90 Å². The lowest BCUT2D eigenvalue weighted by molar-refractivity contribution is 0.0990. The number of hydrogen-bond donors (Lipinski definition) is 2. The summed E-state index contributed by atoms with van der Waals surface area (Å²) in [6.45, 7) is 6.26. The molecule has 3 N–H and O–H groups in total. The van der Waals surface area contributed by atoms with E-state index in [1.165, 1.54) is 30.7 Å². The summed E-state index contributed by atoms with van der Waals surface area (Å²) < 4.78 is 49.9. The summed E-state index contributed by atoms with van der Waals surface area (Å²) >= 11 is 0. The van der Waals surface area contributed by atoms with E-state index in [9.17, 15) is 16.8 Å². The van der Waals surface area contributed by atoms with Gasteiger partial charge in [0, 0.05) is 12.1 Å². The fourth-order valence-corrected chi connectivity index (χ4v) is 4.49. The Morgan fingerprint density at radius 1 is 1.00 bits per heavy atom. The third-order valence-corrected chi connectivity index (χ3v) is 6.72. The van der Waals surface area contributed by atoms with Crippen molar-refractivity contribution in [1.82, 2.24) is 9.62 Å². The van der Waals surface area contributed by atoms with Gasteiger partial charge in [0.15, 0.2) is 0 Å². The summed E-state index contributed by atoms with van der Waals surface area (Å²) in [5.74, 6) is 0. The lowest BCUT2D eigenvalue weighted by Gasteiger charge is -2.41. The topological polar surface area (TPSA) is 110 Å². The first kappa shape index (κ1) is 19.3. The highest BCUT2D eigenvalue weighted by Crippen LogP contribution is 2.21. The SMILES string of the molecule is CC(C)(CNS(=O)(=O)c1ccc(S(N)(=O)=O)cc1)N1CCCCC1. The Hall–Kier alpha value is -1.00. The fourth-order valence-electron chi connectivity index (χ4n) is 2.77. The van der Waals surface area contributed by atoms with E-state index >= 15 is 0 Å². The fraction of sp³-hybridized carbons (Fsp3) is 0.600. The molecule has 1 aliphatic heterocycles. The zero-order valence-electron chi connectivity index (χ0n) is 14.0. The highest BCUT2D eigenvalue weighted by molar-refractivity contribution is 7.89. The molecule has 0 radical (unpaired) electrons. The minimum absolute atomic E-state index is 0.0179. The summed E-state index contributed by atoms with van der Waals surface area (Å²) in [5.41, 5.74) is -0.284. The van der Waals surface area contributed by atoms with Crippen LogP contribution in [0.1, 0.15) is 33.1 Å². The van der Waals surface area contributed by atoms with E-state index < -0.39 is 20.0 Å². The summed E-state index contributed by atoms with van der Waals surface area (Å²) in [4.78, 5) is 2.20. The number of hydrogen-bond acceptors (Lipinski definition) is 5. The Bertz CT molecular complexity index is 765. The molecule has 9 heteroatoms. The highest BCUT2D eigenvalue weighted by atomic mass is 32.2. The maximum atomic E-state index is 12.4. The number of primary sulfonamides is 1. The van der Waals surface area contributed by atoms with E-state index in [1.54, 1.807) is 0 Å². The molecule has 1 fully saturated rings. The third-order valence-electron chi connectivity index (χ3n) is 4.37. The number of nitrogens with two attached hydrogens (primary N) is 1. The predicted octanol–water partition coefficient (Wildman–Crippen LogP) is 0.877. The molecule has 1 aliphatic rings. The molecule has 0 saturated carbocycles. The normalized spacial score (nSPS) is 17.8. The maximum Gasteiger partial charge on any atom is 0.240 e. The smallest absolute Gasteiger partial charge is 0.240 e. The Labute approximate surface area is 144 Å². The molecule has 0 unspecified atom stereocenters. The second kappa shape index (κ2) is 7.09. The third kappa shape index (κ3) is 4.76. The van der Waals surface area contributed by atoms with Crippen molar-refractivity contribution in [1.29, 1.82) is 0 Å². The van der Waals surface area contributed by atoms with Gasteiger partial charge in [0.2, 0.25) is 20.0 Å². The first-order valence-corrected chi connectivity index (χ1v) is 10.9. The molecule has 0 amide bonds. The molecule has 0 spiro atoms. The summed E-state index contributed by atoms with van der Waals surface area (Å²) in [5, 5.41) is 5.02. The monoisotopic (exact) mass is 375 g/mol. The van der Waals surface area contributed by atoms with Crippen molar-refractivity contribution in [3.63, 3.8) is 0 Å². The van der Waals surface area contributed by atoms with Gasteiger partial charge in [-0.1, -0.05) is 6.42 Å². The Morgan fingerprint density at radius 3 is 2.00 bits per heavy atom. The van der Waals surface area contributed by atoms with Gasteiger partial charge in [-0.15, -0.1) is 0 Å². The highest BCUT2D eigenvalue weighted by Gasteiger charge is 2.29. The lowest BCUT2D eigenvalue weighted by Crippen LogP contribution is -2.53. The largest absolute Gasteiger partial charge is 0.297 e. The first-order valence-electron chi connectivity index (χ1n) is 7.90. The van der Waals surface area contributed by atoms with Gasteiger partial charge in [-0.05, 0) is 64.0 Å². The van der Waals surface area contributed by atoms with Gasteiger partial charge >= 0.3 is 0 Å². The van der Waals surface area contributed by atoms with E-state index in [-0.39, 0.29) is 21.9 Å². The number of nitrogens with zero attached hydrogens (tertiary/aromatic N) is 1. The zero-order chi connectivity index (χ0) is 18.0. The van der Waals surface area contributed by atoms with Crippen LogP contribution < -0.4 is 9.86 Å². The number of rotatable bonds is 6. The molecule has 0 aliphatic carbocycles. The molecule has 1 saturated heterocycles. The van der Waals surface area contributed by atoms with Crippen molar-refractivity contribution in [2.24, 2.45) is 5.14 Å². The summed E-state index contributed by atoms with van der Waals surface area (Å²) in [7, 11) is -7.54. The lowest BCUT2D eigenvalue weighted by atomic mass is 9.99. The van der Waals surface area contributed by atoms with Crippen LogP contribution in [0.15, 0.2) is 34.1 Å². The second-order valence-corrected chi connectivity index (χ2v) is 10.0. The van der Waals surface area contributed by atoms with Crippen LogP contribution in [0.4, 0.5) is 0 Å². The van der Waals surface area contributed by atoms with Crippen molar-refractivity contribution >= 4 is 20.0 Å². The molecule has 0 atom stereocenters. The van der Waals surface area contributed by atoms with Gasteiger partial charge < -0.3 is 0 Å². The number of benzene rings is 1. The summed E-state index contributed by atoms with van der Waals surface area (Å²) in [6, 6.07) is 4.88. The number of piperidine rings is 1. The van der Waals surface area contributed by atoms with E-state index in [0.29, 0.717) is 0 Å². The van der Waals surface area contributed by atoms with Crippen LogP contribution in [-0.2, 0) is 20.0 Å². The van der Waals surface area contributed by atoms with Gasteiger partial charge in [0.05, 0.1) is 9.79 Å². The van der Waals surface area contributed by atoms with Crippen molar-refractivity contribution in [2.75, 3.05) is 19.6 Å². The van der Waals surface area contributed by atoms with Gasteiger partial charge in [-0.25, -0.2) is 26.7 Å². The van der Waals surface area contributed by atoms with Crippen LogP contribution in [0.25, 0.3) is 0 Å². The standard InChI is InChI=1S/C15H25N3O4S2/c1-15(2,18-10-4-3-5-11-18)12-17-24(21,22)14-8-6-13(7-9-14)23(16,19)20/h6-9,17H,3-5,10-12H2,1-2H3,(H2,16,19,20). The van der Waals surface area contributed by atoms with Crippen LogP contribution >= 0.6 is 0 Å². The number of nitrogens with one attached hydrogen (secondary N) is 1. The van der Waals surface area contributed by atoms with Crippen molar-refractivity contribution in [2.45, 2.75) is 48.4 Å². The van der Waals surface area contributed by atoms with E-state index in [2.05, 4.69) is 9.62 Å². The zero-order valence-corrected chi connectivity index (χ0v) is 15.7. The molecule has 1 heterocycles. The van der Waals surface area contributed by atoms with Crippen molar-refractivity contribution in [3.05, 3.63) is 24.3 Å². The first-order chi connectivity index (χ1) is 11.0. The average Bonchev–Trinajstić information content (AvgIpc) is 2.53. The molecule has 1 aromatic rings. The van der Waals surface area contributed by atoms with Crippen LogP contribution in [-0.4, -0.2) is 46.9 Å². The molecule has 136 valence electrons. The van der Waals surface area contributed by atoms with Gasteiger partial charge in [0.25, 0.3) is 0 Å². The second-order valence-electron chi connectivity index (χ2n) is 6.70. The molecular weight excluding hydrogens is 350 g/mol. The molecular formula is C15H25N3O4S2. The Balaban J connectivity index is 2.08. The molecule has 7 nitrogen and oxygen atoms in total. The molecule has 24 heavy (non-hydrogen) atoms. The number of sulfonamides is 2. The van der Waals surface area contributed by atoms with E-state index in [0.717, 1.165) is 25.9 Å². The minimum Gasteiger partial charge on any atom is -0.297 e. The van der Waals surface area contributed by atoms with Gasteiger partial charge in [0.1, 0.15) is 0 Å². The molecule has 0 bridgehead atoms. The molecule has 0 aromatic heterocycles. The molecule has 1 aromatic carbocycles. The van der Waals surface area contributed by atoms with Crippen LogP contribution in [0, 0.1) is 0 Å². The Kier molecular flexibility index (Phi) is 5.71. The van der Waals surface area contributed by atoms with Crippen LogP contribution in [0.5, 0.6) is 0 Å². The van der Waals surface area contributed by atoms with Crippen molar-refractivity contribution in [3.8, 4) is 0 Å². The van der Waals surface area contributed by atoms with Gasteiger partial charge in [-0.2, -0.15) is 0 Å². The predicted molar refractivity (Wildman–Crippen MR) is 92.5 cm³/mol. The number of likely N-dealkylation sites (tertiary alicyclic amines) is 1. The van der Waals surface area contributed by atoms with E-state index in [4.69, 9.17) is 5.14 Å². The van der Waals surface area contributed by atoms with Crippen LogP contribution in [0.2, 0.25) is 0 Å². The average molecular weight is 376 g/mol. The minimum atomic E-state index is -3.84. The van der Waals surface area contributed by atoms with E-state index in [1.807, 2.05) is 13.8 Å². The summed E-state index contributed by atoms with van der Waals surface area (Å²) in [6.07, 6.45) is 3.48. The van der Waals surface area contributed by atoms with Crippen LogP contribution in [0.3, 0.4) is 0 Å². The maximum absolute atomic E-state index is 12.4. The van der Waals surface area contributed by atoms with Crippen molar-refractivity contribution < 1.29 is 16.8 Å².